The number of likely N-dealkylation sites (tertiary alicyclic amines) is 2. The Bertz CT molecular complexity index is 651. The topological polar surface area (TPSA) is 49.9 Å². The minimum atomic E-state index is -0.232. The Labute approximate surface area is 149 Å². The average molecular weight is 342 g/mol. The van der Waals surface area contributed by atoms with E-state index in [1.807, 2.05) is 9.80 Å². The van der Waals surface area contributed by atoms with Gasteiger partial charge in [0, 0.05) is 31.6 Å². The van der Waals surface area contributed by atoms with Crippen LogP contribution in [0.4, 0.5) is 0 Å². The molecule has 0 saturated carbocycles. The summed E-state index contributed by atoms with van der Waals surface area (Å²) in [4.78, 5) is 29.2. The van der Waals surface area contributed by atoms with Gasteiger partial charge in [-0.05, 0) is 49.9 Å². The SMILES string of the molecule is C=CCN1C(=O)CCC[C@]12CCCN(C(=O)c1ccc(OC)cc1)C2. The maximum absolute atomic E-state index is 12.9. The van der Waals surface area contributed by atoms with Crippen LogP contribution in [-0.4, -0.2) is 53.9 Å². The Morgan fingerprint density at radius 2 is 2.00 bits per heavy atom. The van der Waals surface area contributed by atoms with E-state index >= 15 is 0 Å². The minimum absolute atomic E-state index is 0.0262. The first-order valence-electron chi connectivity index (χ1n) is 8.94. The van der Waals surface area contributed by atoms with Crippen LogP contribution < -0.4 is 4.74 Å². The van der Waals surface area contributed by atoms with Crippen LogP contribution in [0, 0.1) is 0 Å². The van der Waals surface area contributed by atoms with Crippen molar-refractivity contribution in [1.29, 1.82) is 0 Å². The Balaban J connectivity index is 1.80. The van der Waals surface area contributed by atoms with Crippen molar-refractivity contribution in [3.8, 4) is 5.75 Å². The standard InChI is InChI=1S/C20H26N2O3/c1-3-13-22-18(23)6-4-11-20(22)12-5-14-21(15-20)19(24)16-7-9-17(25-2)10-8-16/h3,7-10H,1,4-6,11-15H2,2H3/t20-/m1/s1. The first kappa shape index (κ1) is 17.5. The molecule has 2 fully saturated rings. The van der Waals surface area contributed by atoms with Gasteiger partial charge in [0.25, 0.3) is 5.91 Å². The second-order valence-corrected chi connectivity index (χ2v) is 6.93. The van der Waals surface area contributed by atoms with E-state index in [4.69, 9.17) is 4.74 Å². The van der Waals surface area contributed by atoms with Crippen molar-refractivity contribution < 1.29 is 14.3 Å². The molecule has 0 unspecified atom stereocenters. The van der Waals surface area contributed by atoms with Gasteiger partial charge < -0.3 is 14.5 Å². The summed E-state index contributed by atoms with van der Waals surface area (Å²) in [6.45, 7) is 5.71. The van der Waals surface area contributed by atoms with E-state index in [2.05, 4.69) is 6.58 Å². The fourth-order valence-corrected chi connectivity index (χ4v) is 4.15. The quantitative estimate of drug-likeness (QED) is 0.791. The molecule has 1 atom stereocenters. The largest absolute Gasteiger partial charge is 0.497 e. The van der Waals surface area contributed by atoms with Crippen LogP contribution in [0.3, 0.4) is 0 Å². The fraction of sp³-hybridized carbons (Fsp3) is 0.500. The Hall–Kier alpha value is -2.30. The number of methoxy groups -OCH3 is 1. The monoisotopic (exact) mass is 342 g/mol. The van der Waals surface area contributed by atoms with E-state index in [1.165, 1.54) is 0 Å². The van der Waals surface area contributed by atoms with Gasteiger partial charge in [0.15, 0.2) is 0 Å². The zero-order valence-electron chi connectivity index (χ0n) is 14.9. The molecule has 3 rings (SSSR count). The number of hydrogen-bond acceptors (Lipinski definition) is 3. The summed E-state index contributed by atoms with van der Waals surface area (Å²) in [6.07, 6.45) is 6.12. The molecule has 1 aromatic rings. The van der Waals surface area contributed by atoms with Gasteiger partial charge in [-0.1, -0.05) is 6.08 Å². The van der Waals surface area contributed by atoms with Crippen LogP contribution in [-0.2, 0) is 4.79 Å². The van der Waals surface area contributed by atoms with Gasteiger partial charge in [-0.2, -0.15) is 0 Å². The van der Waals surface area contributed by atoms with E-state index in [0.29, 0.717) is 25.1 Å². The molecule has 2 saturated heterocycles. The highest BCUT2D eigenvalue weighted by Crippen LogP contribution is 2.37. The first-order valence-corrected chi connectivity index (χ1v) is 8.94. The smallest absolute Gasteiger partial charge is 0.253 e. The number of amides is 2. The highest BCUT2D eigenvalue weighted by molar-refractivity contribution is 5.94. The van der Waals surface area contributed by atoms with Gasteiger partial charge in [0.1, 0.15) is 5.75 Å². The highest BCUT2D eigenvalue weighted by Gasteiger charge is 2.45. The third-order valence-electron chi connectivity index (χ3n) is 5.40. The molecule has 2 aliphatic heterocycles. The molecule has 0 radical (unpaired) electrons. The van der Waals surface area contributed by atoms with Gasteiger partial charge in [0.2, 0.25) is 5.91 Å². The van der Waals surface area contributed by atoms with Crippen molar-refractivity contribution >= 4 is 11.8 Å². The highest BCUT2D eigenvalue weighted by atomic mass is 16.5. The molecule has 1 spiro atoms. The number of rotatable bonds is 4. The molecule has 0 aromatic heterocycles. The maximum atomic E-state index is 12.9. The molecule has 0 bridgehead atoms. The van der Waals surface area contributed by atoms with E-state index in [-0.39, 0.29) is 17.4 Å². The van der Waals surface area contributed by atoms with E-state index in [1.54, 1.807) is 37.5 Å². The van der Waals surface area contributed by atoms with Crippen molar-refractivity contribution in [3.63, 3.8) is 0 Å². The lowest BCUT2D eigenvalue weighted by Crippen LogP contribution is -2.63. The Kier molecular flexibility index (Phi) is 5.11. The summed E-state index contributed by atoms with van der Waals surface area (Å²) >= 11 is 0. The number of carbonyl (C=O) groups excluding carboxylic acids is 2. The number of benzene rings is 1. The third kappa shape index (κ3) is 3.41. The Morgan fingerprint density at radius 1 is 1.28 bits per heavy atom. The summed E-state index contributed by atoms with van der Waals surface area (Å²) in [5.74, 6) is 0.949. The van der Waals surface area contributed by atoms with Crippen LogP contribution in [0.25, 0.3) is 0 Å². The second kappa shape index (κ2) is 7.30. The van der Waals surface area contributed by atoms with Gasteiger partial charge in [-0.25, -0.2) is 0 Å². The molecule has 0 N–H and O–H groups in total. The second-order valence-electron chi connectivity index (χ2n) is 6.93. The number of piperidine rings is 2. The van der Waals surface area contributed by atoms with Crippen LogP contribution in [0.15, 0.2) is 36.9 Å². The van der Waals surface area contributed by atoms with Crippen LogP contribution in [0.2, 0.25) is 0 Å². The number of hydrogen-bond donors (Lipinski definition) is 0. The molecule has 2 heterocycles. The summed E-state index contributed by atoms with van der Waals surface area (Å²) < 4.78 is 5.16. The molecule has 1 aromatic carbocycles. The summed E-state index contributed by atoms with van der Waals surface area (Å²) in [7, 11) is 1.61. The van der Waals surface area contributed by atoms with Gasteiger partial charge in [-0.3, -0.25) is 9.59 Å². The third-order valence-corrected chi connectivity index (χ3v) is 5.40. The van der Waals surface area contributed by atoms with Crippen molar-refractivity contribution in [3.05, 3.63) is 42.5 Å². The molecule has 134 valence electrons. The lowest BCUT2D eigenvalue weighted by atomic mass is 9.79. The summed E-state index contributed by atoms with van der Waals surface area (Å²) in [5.41, 5.74) is 0.430. The molecule has 0 aliphatic carbocycles. The molecule has 2 aliphatic rings. The first-order chi connectivity index (χ1) is 12.1. The average Bonchev–Trinajstić information content (AvgIpc) is 2.65. The maximum Gasteiger partial charge on any atom is 0.253 e. The lowest BCUT2D eigenvalue weighted by molar-refractivity contribution is -0.143. The fourth-order valence-electron chi connectivity index (χ4n) is 4.15. The predicted octanol–water partition coefficient (Wildman–Crippen LogP) is 2.87. The molecule has 25 heavy (non-hydrogen) atoms. The molecule has 5 heteroatoms. The van der Waals surface area contributed by atoms with E-state index < -0.39 is 0 Å². The number of carbonyl (C=O) groups is 2. The van der Waals surface area contributed by atoms with Crippen LogP contribution >= 0.6 is 0 Å². The molecule has 5 nitrogen and oxygen atoms in total. The lowest BCUT2D eigenvalue weighted by Gasteiger charge is -2.52. The zero-order valence-corrected chi connectivity index (χ0v) is 14.9. The molecular weight excluding hydrogens is 316 g/mol. The summed E-state index contributed by atoms with van der Waals surface area (Å²) in [6, 6.07) is 7.22. The summed E-state index contributed by atoms with van der Waals surface area (Å²) in [5, 5.41) is 0. The van der Waals surface area contributed by atoms with Crippen molar-refractivity contribution in [2.24, 2.45) is 0 Å². The normalized spacial score (nSPS) is 23.6. The van der Waals surface area contributed by atoms with Crippen LogP contribution in [0.1, 0.15) is 42.5 Å². The Morgan fingerprint density at radius 3 is 2.68 bits per heavy atom. The van der Waals surface area contributed by atoms with E-state index in [0.717, 1.165) is 38.0 Å². The minimum Gasteiger partial charge on any atom is -0.497 e. The predicted molar refractivity (Wildman–Crippen MR) is 96.6 cm³/mol. The van der Waals surface area contributed by atoms with Crippen LogP contribution in [0.5, 0.6) is 5.75 Å². The number of ether oxygens (including phenoxy) is 1. The van der Waals surface area contributed by atoms with Gasteiger partial charge in [0.05, 0.1) is 12.6 Å². The van der Waals surface area contributed by atoms with Crippen molar-refractivity contribution in [2.75, 3.05) is 26.7 Å². The molecular formula is C20H26N2O3. The van der Waals surface area contributed by atoms with Gasteiger partial charge in [-0.15, -0.1) is 6.58 Å². The zero-order chi connectivity index (χ0) is 17.9. The van der Waals surface area contributed by atoms with E-state index in [9.17, 15) is 9.59 Å². The number of nitrogens with zero attached hydrogens (tertiary/aromatic N) is 2. The molecule has 2 amide bonds. The van der Waals surface area contributed by atoms with Crippen molar-refractivity contribution in [1.82, 2.24) is 9.80 Å². The van der Waals surface area contributed by atoms with Gasteiger partial charge >= 0.3 is 0 Å². The van der Waals surface area contributed by atoms with Crippen molar-refractivity contribution in [2.45, 2.75) is 37.6 Å².